The van der Waals surface area contributed by atoms with Gasteiger partial charge in [-0.25, -0.2) is 8.78 Å². The van der Waals surface area contributed by atoms with Crippen molar-refractivity contribution in [1.29, 1.82) is 5.41 Å². The van der Waals surface area contributed by atoms with Crippen LogP contribution in [0.3, 0.4) is 0 Å². The maximum absolute atomic E-state index is 14.5. The first-order chi connectivity index (χ1) is 13.9. The lowest BCUT2D eigenvalue weighted by Crippen LogP contribution is -2.59. The molecular weight excluding hydrogens is 378 g/mol. The van der Waals surface area contributed by atoms with Crippen molar-refractivity contribution in [2.24, 2.45) is 0 Å². The van der Waals surface area contributed by atoms with Crippen LogP contribution in [0.5, 0.6) is 0 Å². The first kappa shape index (κ1) is 19.6. The van der Waals surface area contributed by atoms with Gasteiger partial charge in [0.15, 0.2) is 0 Å². The van der Waals surface area contributed by atoms with Crippen molar-refractivity contribution in [3.05, 3.63) is 30.1 Å². The Kier molecular flexibility index (Phi) is 5.16. The van der Waals surface area contributed by atoms with E-state index in [0.717, 1.165) is 19.5 Å². The van der Waals surface area contributed by atoms with E-state index in [1.54, 1.807) is 17.0 Å². The smallest absolute Gasteiger partial charge is 0.267 e. The second-order valence-corrected chi connectivity index (χ2v) is 7.78. The number of nitrogens with zero attached hydrogens (tertiary/aromatic N) is 4. The van der Waals surface area contributed by atoms with E-state index in [4.69, 9.17) is 5.41 Å². The number of fused-ring (bicyclic) bond motifs is 1. The summed E-state index contributed by atoms with van der Waals surface area (Å²) in [5.41, 5.74) is 2.09. The van der Waals surface area contributed by atoms with Crippen molar-refractivity contribution < 1.29 is 13.6 Å². The third-order valence-corrected chi connectivity index (χ3v) is 5.70. The zero-order chi connectivity index (χ0) is 20.6. The molecule has 0 aliphatic carbocycles. The Morgan fingerprint density at radius 3 is 2.69 bits per heavy atom. The van der Waals surface area contributed by atoms with Crippen LogP contribution in [0.25, 0.3) is 11.0 Å². The van der Waals surface area contributed by atoms with E-state index in [9.17, 15) is 13.6 Å². The molecule has 2 atom stereocenters. The summed E-state index contributed by atoms with van der Waals surface area (Å²) in [6, 6.07) is 2.40. The molecule has 9 heteroatoms. The number of hydrogen-bond acceptors (Lipinski definition) is 6. The lowest BCUT2D eigenvalue weighted by Gasteiger charge is -2.41. The molecule has 2 fully saturated rings. The third kappa shape index (κ3) is 3.91. The van der Waals surface area contributed by atoms with E-state index >= 15 is 0 Å². The van der Waals surface area contributed by atoms with Crippen molar-refractivity contribution in [1.82, 2.24) is 20.2 Å². The largest absolute Gasteiger partial charge is 0.362 e. The van der Waals surface area contributed by atoms with Gasteiger partial charge in [0.25, 0.3) is 5.92 Å². The third-order valence-electron chi connectivity index (χ3n) is 5.70. The molecule has 154 valence electrons. The van der Waals surface area contributed by atoms with Crippen LogP contribution in [-0.2, 0) is 4.79 Å². The Bertz CT molecular complexity index is 932. The summed E-state index contributed by atoms with van der Waals surface area (Å²) in [7, 11) is 0. The molecule has 2 aromatic rings. The second-order valence-electron chi connectivity index (χ2n) is 7.78. The molecule has 2 aliphatic rings. The molecule has 1 aromatic carbocycles. The Morgan fingerprint density at radius 2 is 2.03 bits per heavy atom. The number of alkyl halides is 2. The average Bonchev–Trinajstić information content (AvgIpc) is 2.64. The highest BCUT2D eigenvalue weighted by Crippen LogP contribution is 2.33. The van der Waals surface area contributed by atoms with Gasteiger partial charge in [-0.15, -0.1) is 0 Å². The van der Waals surface area contributed by atoms with Gasteiger partial charge >= 0.3 is 0 Å². The minimum Gasteiger partial charge on any atom is -0.362 e. The normalized spacial score (nSPS) is 22.7. The van der Waals surface area contributed by atoms with Gasteiger partial charge in [-0.05, 0) is 25.5 Å². The molecule has 2 aliphatic heterocycles. The van der Waals surface area contributed by atoms with Gasteiger partial charge in [0.1, 0.15) is 5.52 Å². The average molecular weight is 402 g/mol. The Balaban J connectivity index is 1.59. The molecule has 3 heterocycles. The number of nitrogens with one attached hydrogen (secondary N) is 2. The predicted molar refractivity (Wildman–Crippen MR) is 107 cm³/mol. The lowest BCUT2D eigenvalue weighted by atomic mass is 10.00. The fourth-order valence-corrected chi connectivity index (χ4v) is 4.03. The standard InChI is InChI=1S/C20H24F2N6O/c1-13(27-7-2-8-27)19(29)26-15-9-20(21,22)12-28(11-15)16-4-3-14(10-23)17-18(16)25-6-5-24-17/h3-6,10,13,15,23H,2,7-9,11-12H2,1H3,(H,26,29). The van der Waals surface area contributed by atoms with Crippen LogP contribution in [-0.4, -0.2) is 71.2 Å². The molecule has 0 saturated carbocycles. The molecule has 1 aromatic heterocycles. The first-order valence-corrected chi connectivity index (χ1v) is 9.79. The molecule has 0 spiro atoms. The Labute approximate surface area is 167 Å². The highest BCUT2D eigenvalue weighted by atomic mass is 19.3. The van der Waals surface area contributed by atoms with Crippen molar-refractivity contribution in [2.45, 2.75) is 37.8 Å². The minimum absolute atomic E-state index is 0.212. The molecule has 2 N–H and O–H groups in total. The van der Waals surface area contributed by atoms with Crippen LogP contribution in [0.4, 0.5) is 14.5 Å². The van der Waals surface area contributed by atoms with Gasteiger partial charge in [0.2, 0.25) is 5.91 Å². The number of piperidine rings is 1. The molecule has 2 unspecified atom stereocenters. The van der Waals surface area contributed by atoms with Gasteiger partial charge < -0.3 is 15.6 Å². The highest BCUT2D eigenvalue weighted by molar-refractivity contribution is 6.00. The van der Waals surface area contributed by atoms with Gasteiger partial charge in [0.05, 0.1) is 29.8 Å². The van der Waals surface area contributed by atoms with Crippen LogP contribution >= 0.6 is 0 Å². The summed E-state index contributed by atoms with van der Waals surface area (Å²) >= 11 is 0. The van der Waals surface area contributed by atoms with Crippen LogP contribution in [0.15, 0.2) is 24.5 Å². The summed E-state index contributed by atoms with van der Waals surface area (Å²) in [6.45, 7) is 3.36. The van der Waals surface area contributed by atoms with Crippen LogP contribution in [0.2, 0.25) is 0 Å². The highest BCUT2D eigenvalue weighted by Gasteiger charge is 2.42. The van der Waals surface area contributed by atoms with E-state index in [-0.39, 0.29) is 24.9 Å². The molecule has 2 saturated heterocycles. The minimum atomic E-state index is -2.94. The quantitative estimate of drug-likeness (QED) is 0.748. The number of amides is 1. The molecule has 1 amide bonds. The number of carbonyl (C=O) groups excluding carboxylic acids is 1. The predicted octanol–water partition coefficient (Wildman–Crippen LogP) is 2.05. The molecular formula is C20H24F2N6O. The van der Waals surface area contributed by atoms with E-state index < -0.39 is 18.5 Å². The number of anilines is 1. The number of halogens is 2. The Morgan fingerprint density at radius 1 is 1.31 bits per heavy atom. The first-order valence-electron chi connectivity index (χ1n) is 9.79. The number of rotatable bonds is 5. The number of hydrogen-bond donors (Lipinski definition) is 2. The topological polar surface area (TPSA) is 85.2 Å². The van der Waals surface area contributed by atoms with Gasteiger partial charge in [-0.3, -0.25) is 19.7 Å². The van der Waals surface area contributed by atoms with Gasteiger partial charge in [-0.1, -0.05) is 0 Å². The van der Waals surface area contributed by atoms with E-state index in [1.807, 2.05) is 11.8 Å². The second kappa shape index (κ2) is 7.62. The summed E-state index contributed by atoms with van der Waals surface area (Å²) in [5, 5.41) is 10.3. The number of aromatic nitrogens is 2. The summed E-state index contributed by atoms with van der Waals surface area (Å²) in [4.78, 5) is 24.7. The summed E-state index contributed by atoms with van der Waals surface area (Å²) in [6.07, 6.45) is 4.88. The zero-order valence-corrected chi connectivity index (χ0v) is 16.2. The van der Waals surface area contributed by atoms with Crippen LogP contribution in [0, 0.1) is 5.41 Å². The van der Waals surface area contributed by atoms with Gasteiger partial charge in [0, 0.05) is 50.2 Å². The number of carbonyl (C=O) groups is 1. The van der Waals surface area contributed by atoms with Crippen LogP contribution < -0.4 is 10.2 Å². The van der Waals surface area contributed by atoms with E-state index in [2.05, 4.69) is 15.3 Å². The zero-order valence-electron chi connectivity index (χ0n) is 16.2. The summed E-state index contributed by atoms with van der Waals surface area (Å²) in [5.74, 6) is -3.15. The lowest BCUT2D eigenvalue weighted by molar-refractivity contribution is -0.128. The number of likely N-dealkylation sites (tertiary alicyclic amines) is 1. The van der Waals surface area contributed by atoms with Crippen molar-refractivity contribution in [3.8, 4) is 0 Å². The fourth-order valence-electron chi connectivity index (χ4n) is 4.03. The molecule has 29 heavy (non-hydrogen) atoms. The van der Waals surface area contributed by atoms with Crippen LogP contribution in [0.1, 0.15) is 25.3 Å². The molecule has 0 radical (unpaired) electrons. The molecule has 7 nitrogen and oxygen atoms in total. The number of benzene rings is 1. The molecule has 4 rings (SSSR count). The SMILES string of the molecule is CC(C(=O)NC1CN(c2ccc(C=N)c3nccnc23)CC(F)(F)C1)N1CCC1. The Hall–Kier alpha value is -2.68. The van der Waals surface area contributed by atoms with E-state index in [1.165, 1.54) is 18.6 Å². The maximum atomic E-state index is 14.5. The van der Waals surface area contributed by atoms with Crippen molar-refractivity contribution >= 4 is 28.8 Å². The monoisotopic (exact) mass is 402 g/mol. The van der Waals surface area contributed by atoms with Gasteiger partial charge in [-0.2, -0.15) is 0 Å². The summed E-state index contributed by atoms with van der Waals surface area (Å²) < 4.78 is 29.1. The maximum Gasteiger partial charge on any atom is 0.267 e. The van der Waals surface area contributed by atoms with Crippen molar-refractivity contribution in [2.75, 3.05) is 31.1 Å². The van der Waals surface area contributed by atoms with Crippen molar-refractivity contribution in [3.63, 3.8) is 0 Å². The molecule has 0 bridgehead atoms. The van der Waals surface area contributed by atoms with E-state index in [0.29, 0.717) is 22.3 Å². The fraction of sp³-hybridized carbons (Fsp3) is 0.500.